The van der Waals surface area contributed by atoms with Crippen LogP contribution in [0.5, 0.6) is 0 Å². The summed E-state index contributed by atoms with van der Waals surface area (Å²) in [5, 5.41) is 7.94. The Kier molecular flexibility index (Phi) is 4.70. The van der Waals surface area contributed by atoms with E-state index in [1.807, 2.05) is 13.8 Å². The molecule has 8 heteroatoms. The minimum absolute atomic E-state index is 0.148. The minimum Gasteiger partial charge on any atom is -0.361 e. The monoisotopic (exact) mass is 326 g/mol. The molecule has 1 fully saturated rings. The van der Waals surface area contributed by atoms with Crippen molar-refractivity contribution in [2.75, 3.05) is 19.6 Å². The van der Waals surface area contributed by atoms with E-state index in [1.54, 1.807) is 4.90 Å². The average molecular weight is 326 g/mol. The van der Waals surface area contributed by atoms with Gasteiger partial charge in [-0.2, -0.15) is 4.98 Å². The molecule has 0 atom stereocenters. The highest BCUT2D eigenvalue weighted by molar-refractivity contribution is 5.24. The highest BCUT2D eigenvalue weighted by Crippen LogP contribution is 2.27. The number of alkyl halides is 2. The molecule has 0 aliphatic carbocycles. The third-order valence-electron chi connectivity index (χ3n) is 4.33. The molecule has 0 saturated carbocycles. The molecular weight excluding hydrogens is 306 g/mol. The zero-order valence-electron chi connectivity index (χ0n) is 13.3. The van der Waals surface area contributed by atoms with Gasteiger partial charge in [-0.15, -0.1) is 0 Å². The Balaban J connectivity index is 1.60. The minimum atomic E-state index is -2.28. The highest BCUT2D eigenvalue weighted by atomic mass is 19.3. The summed E-state index contributed by atoms with van der Waals surface area (Å²) in [5.41, 5.74) is 1.80. The fraction of sp³-hybridized carbons (Fsp3) is 0.667. The predicted molar refractivity (Wildman–Crippen MR) is 77.5 cm³/mol. The summed E-state index contributed by atoms with van der Waals surface area (Å²) in [6.45, 7) is 4.85. The number of hydrogen-bond donors (Lipinski definition) is 0. The van der Waals surface area contributed by atoms with Crippen LogP contribution in [0.2, 0.25) is 0 Å². The van der Waals surface area contributed by atoms with Gasteiger partial charge in [-0.3, -0.25) is 4.90 Å². The molecule has 1 saturated heterocycles. The maximum absolute atomic E-state index is 12.4. The van der Waals surface area contributed by atoms with Crippen molar-refractivity contribution in [3.8, 4) is 0 Å². The molecule has 3 rings (SSSR count). The van der Waals surface area contributed by atoms with Crippen LogP contribution in [0, 0.1) is 13.8 Å². The Hall–Kier alpha value is -1.83. The molecule has 2 aromatic rings. The predicted octanol–water partition coefficient (Wildman–Crippen LogP) is 2.71. The van der Waals surface area contributed by atoms with Crippen molar-refractivity contribution in [1.82, 2.24) is 20.2 Å². The summed E-state index contributed by atoms with van der Waals surface area (Å²) >= 11 is 0. The lowest BCUT2D eigenvalue weighted by atomic mass is 9.97. The Morgan fingerprint density at radius 2 is 1.91 bits per heavy atom. The normalized spacial score (nSPS) is 17.3. The quantitative estimate of drug-likeness (QED) is 0.841. The third-order valence-corrected chi connectivity index (χ3v) is 4.33. The number of likely N-dealkylation sites (tertiary alicyclic amines) is 1. The van der Waals surface area contributed by atoms with Crippen LogP contribution >= 0.6 is 0 Å². The summed E-state index contributed by atoms with van der Waals surface area (Å²) in [7, 11) is 0. The van der Waals surface area contributed by atoms with E-state index in [-0.39, 0.29) is 12.5 Å². The first-order chi connectivity index (χ1) is 11.0. The van der Waals surface area contributed by atoms with Crippen LogP contribution < -0.4 is 0 Å². The number of halogens is 2. The number of aromatic nitrogens is 3. The second kappa shape index (κ2) is 6.74. The number of nitrogens with zero attached hydrogens (tertiary/aromatic N) is 4. The Labute approximate surface area is 132 Å². The lowest BCUT2D eigenvalue weighted by Gasteiger charge is -2.29. The average Bonchev–Trinajstić information content (AvgIpc) is 3.10. The van der Waals surface area contributed by atoms with Gasteiger partial charge in [-0.25, -0.2) is 8.78 Å². The van der Waals surface area contributed by atoms with E-state index in [2.05, 4.69) is 15.3 Å². The zero-order chi connectivity index (χ0) is 16.4. The van der Waals surface area contributed by atoms with Crippen molar-refractivity contribution in [1.29, 1.82) is 0 Å². The Morgan fingerprint density at radius 1 is 1.17 bits per heavy atom. The summed E-state index contributed by atoms with van der Waals surface area (Å²) in [5.74, 6) is 2.11. The van der Waals surface area contributed by atoms with Crippen LogP contribution in [0.4, 0.5) is 8.78 Å². The van der Waals surface area contributed by atoms with Gasteiger partial charge < -0.3 is 9.05 Å². The number of hydrogen-bond acceptors (Lipinski definition) is 6. The smallest absolute Gasteiger partial charge is 0.251 e. The highest BCUT2D eigenvalue weighted by Gasteiger charge is 2.26. The van der Waals surface area contributed by atoms with Crippen LogP contribution in [0.3, 0.4) is 0 Å². The van der Waals surface area contributed by atoms with E-state index in [0.717, 1.165) is 29.9 Å². The fourth-order valence-electron chi connectivity index (χ4n) is 2.98. The second-order valence-corrected chi connectivity index (χ2v) is 5.99. The van der Waals surface area contributed by atoms with Gasteiger partial charge in [-0.05, 0) is 39.8 Å². The second-order valence-electron chi connectivity index (χ2n) is 5.99. The summed E-state index contributed by atoms with van der Waals surface area (Å²) in [4.78, 5) is 6.24. The molecule has 0 spiro atoms. The molecule has 23 heavy (non-hydrogen) atoms. The first-order valence-corrected chi connectivity index (χ1v) is 7.77. The molecule has 0 radical (unpaired) electrons. The van der Waals surface area contributed by atoms with Crippen molar-refractivity contribution >= 4 is 0 Å². The number of piperidine rings is 1. The van der Waals surface area contributed by atoms with Crippen molar-refractivity contribution < 1.29 is 17.8 Å². The van der Waals surface area contributed by atoms with Crippen LogP contribution in [0.1, 0.15) is 47.5 Å². The summed E-state index contributed by atoms with van der Waals surface area (Å²) in [6.07, 6.45) is -0.231. The molecule has 1 aliphatic rings. The third kappa shape index (κ3) is 3.74. The largest absolute Gasteiger partial charge is 0.361 e. The molecule has 3 heterocycles. The molecule has 0 unspecified atom stereocenters. The van der Waals surface area contributed by atoms with Crippen LogP contribution in [0.15, 0.2) is 9.05 Å². The lowest BCUT2D eigenvalue weighted by molar-refractivity contribution is 0.0731. The maximum atomic E-state index is 12.4. The van der Waals surface area contributed by atoms with E-state index < -0.39 is 6.43 Å². The molecule has 0 aromatic carbocycles. The number of aryl methyl sites for hydroxylation is 2. The van der Waals surface area contributed by atoms with Gasteiger partial charge >= 0.3 is 0 Å². The van der Waals surface area contributed by atoms with Crippen LogP contribution in [-0.2, 0) is 6.42 Å². The molecule has 6 nitrogen and oxygen atoms in total. The van der Waals surface area contributed by atoms with Gasteiger partial charge in [0.15, 0.2) is 5.82 Å². The maximum Gasteiger partial charge on any atom is 0.251 e. The van der Waals surface area contributed by atoms with Crippen molar-refractivity contribution in [2.45, 2.75) is 45.5 Å². The number of rotatable bonds is 5. The van der Waals surface area contributed by atoms with Crippen molar-refractivity contribution in [3.63, 3.8) is 0 Å². The fourth-order valence-corrected chi connectivity index (χ4v) is 2.98. The van der Waals surface area contributed by atoms with E-state index in [9.17, 15) is 8.78 Å². The SMILES string of the molecule is Cc1noc(C)c1Cc1noc(C2CCN(CC(F)F)CC2)n1. The van der Waals surface area contributed by atoms with Crippen molar-refractivity contribution in [3.05, 3.63) is 28.7 Å². The summed E-state index contributed by atoms with van der Waals surface area (Å²) in [6, 6.07) is 0. The molecule has 2 aromatic heterocycles. The summed E-state index contributed by atoms with van der Waals surface area (Å²) < 4.78 is 35.3. The molecule has 126 valence electrons. The molecule has 0 bridgehead atoms. The standard InChI is InChI=1S/C15H20F2N4O2/c1-9-12(10(2)22-19-9)7-14-18-15(23-20-14)11-3-5-21(6-4-11)8-13(16)17/h11,13H,3-8H2,1-2H3. The van der Waals surface area contributed by atoms with Gasteiger partial charge in [0.1, 0.15) is 5.76 Å². The van der Waals surface area contributed by atoms with Crippen molar-refractivity contribution in [2.24, 2.45) is 0 Å². The molecule has 0 amide bonds. The Bertz CT molecular complexity index is 628. The molecule has 0 N–H and O–H groups in total. The van der Waals surface area contributed by atoms with Gasteiger partial charge in [0.05, 0.1) is 12.2 Å². The van der Waals surface area contributed by atoms with Gasteiger partial charge in [0, 0.05) is 17.9 Å². The lowest BCUT2D eigenvalue weighted by Crippen LogP contribution is -2.36. The van der Waals surface area contributed by atoms with Gasteiger partial charge in [0.2, 0.25) is 5.89 Å². The van der Waals surface area contributed by atoms with E-state index in [0.29, 0.717) is 31.2 Å². The Morgan fingerprint density at radius 3 is 2.52 bits per heavy atom. The van der Waals surface area contributed by atoms with Gasteiger partial charge in [-0.1, -0.05) is 10.3 Å². The molecular formula is C15H20F2N4O2. The first kappa shape index (κ1) is 16.0. The van der Waals surface area contributed by atoms with Crippen LogP contribution in [0.25, 0.3) is 0 Å². The first-order valence-electron chi connectivity index (χ1n) is 7.77. The van der Waals surface area contributed by atoms with E-state index in [1.165, 1.54) is 0 Å². The van der Waals surface area contributed by atoms with E-state index in [4.69, 9.17) is 9.05 Å². The van der Waals surface area contributed by atoms with E-state index >= 15 is 0 Å². The molecule has 1 aliphatic heterocycles. The topological polar surface area (TPSA) is 68.2 Å². The zero-order valence-corrected chi connectivity index (χ0v) is 13.3. The van der Waals surface area contributed by atoms with Crippen LogP contribution in [-0.4, -0.2) is 46.3 Å². The van der Waals surface area contributed by atoms with Gasteiger partial charge in [0.25, 0.3) is 6.43 Å².